The van der Waals surface area contributed by atoms with Gasteiger partial charge in [0.1, 0.15) is 11.6 Å². The van der Waals surface area contributed by atoms with Crippen molar-refractivity contribution in [2.75, 3.05) is 12.4 Å². The van der Waals surface area contributed by atoms with Gasteiger partial charge in [-0.3, -0.25) is 4.98 Å². The number of hydrogen-bond donors (Lipinski definition) is 2. The minimum Gasteiger partial charge on any atom is -0.497 e. The lowest BCUT2D eigenvalue weighted by atomic mass is 10.2. The summed E-state index contributed by atoms with van der Waals surface area (Å²) in [7, 11) is -2.41. The monoisotopic (exact) mass is 534 g/mol. The Hall–Kier alpha value is -4.28. The number of amides is 2. The Kier molecular flexibility index (Phi) is 8.67. The predicted molar refractivity (Wildman–Crippen MR) is 142 cm³/mol. The summed E-state index contributed by atoms with van der Waals surface area (Å²) in [6.45, 7) is 0.439. The predicted octanol–water partition coefficient (Wildman–Crippen LogP) is 4.94. The molecule has 0 aliphatic heterocycles. The molecule has 0 radical (unpaired) electrons. The van der Waals surface area contributed by atoms with Gasteiger partial charge < -0.3 is 15.4 Å². The van der Waals surface area contributed by atoms with E-state index in [4.69, 9.17) is 4.74 Å². The number of nitrogens with one attached hydrogen (secondary N) is 2. The lowest BCUT2D eigenvalue weighted by Crippen LogP contribution is -2.30. The Morgan fingerprint density at radius 1 is 0.895 bits per heavy atom. The summed E-state index contributed by atoms with van der Waals surface area (Å²) in [5, 5.41) is 5.43. The average molecular weight is 535 g/mol. The molecular weight excluding hydrogens is 507 g/mol. The van der Waals surface area contributed by atoms with Crippen molar-refractivity contribution >= 4 is 21.7 Å². The first-order valence-corrected chi connectivity index (χ1v) is 13.2. The molecule has 1 aromatic heterocycles. The first-order chi connectivity index (χ1) is 18.3. The van der Waals surface area contributed by atoms with Crippen molar-refractivity contribution in [3.63, 3.8) is 0 Å². The molecule has 2 N–H and O–H groups in total. The third-order valence-corrected chi connectivity index (χ3v) is 7.52. The number of sulfonamides is 1. The Morgan fingerprint density at radius 2 is 1.58 bits per heavy atom. The zero-order valence-corrected chi connectivity index (χ0v) is 21.5. The van der Waals surface area contributed by atoms with Crippen molar-refractivity contribution in [1.82, 2.24) is 14.6 Å². The van der Waals surface area contributed by atoms with Crippen molar-refractivity contribution in [3.8, 4) is 5.75 Å². The minimum atomic E-state index is -3.95. The van der Waals surface area contributed by atoms with E-state index >= 15 is 0 Å². The molecule has 38 heavy (non-hydrogen) atoms. The lowest BCUT2D eigenvalue weighted by molar-refractivity contribution is 0.251. The van der Waals surface area contributed by atoms with E-state index in [9.17, 15) is 17.6 Å². The second kappa shape index (κ2) is 12.3. The number of ether oxygens (including phenoxy) is 1. The van der Waals surface area contributed by atoms with Crippen LogP contribution in [0.5, 0.6) is 5.75 Å². The van der Waals surface area contributed by atoms with Crippen LogP contribution in [0.1, 0.15) is 16.7 Å². The van der Waals surface area contributed by atoms with E-state index in [0.29, 0.717) is 23.5 Å². The Bertz CT molecular complexity index is 1470. The van der Waals surface area contributed by atoms with Gasteiger partial charge in [0.25, 0.3) is 0 Å². The summed E-state index contributed by atoms with van der Waals surface area (Å²) in [6.07, 6.45) is 3.28. The largest absolute Gasteiger partial charge is 0.497 e. The summed E-state index contributed by atoms with van der Waals surface area (Å²) in [6, 6.07) is 22.0. The molecule has 0 bridgehead atoms. The smallest absolute Gasteiger partial charge is 0.319 e. The molecule has 0 aliphatic rings. The van der Waals surface area contributed by atoms with Gasteiger partial charge in [0, 0.05) is 37.7 Å². The Morgan fingerprint density at radius 3 is 2.26 bits per heavy atom. The normalized spacial score (nSPS) is 11.2. The number of urea groups is 1. The van der Waals surface area contributed by atoms with Crippen LogP contribution in [-0.4, -0.2) is 30.8 Å². The van der Waals surface area contributed by atoms with Crippen LogP contribution in [0, 0.1) is 5.82 Å². The number of halogens is 1. The van der Waals surface area contributed by atoms with Gasteiger partial charge >= 0.3 is 6.03 Å². The molecule has 3 aromatic carbocycles. The molecule has 0 spiro atoms. The van der Waals surface area contributed by atoms with Crippen LogP contribution in [0.15, 0.2) is 102 Å². The number of aromatic nitrogens is 1. The summed E-state index contributed by atoms with van der Waals surface area (Å²) in [5.74, 6) is 0.211. The minimum absolute atomic E-state index is 0.0389. The van der Waals surface area contributed by atoms with Gasteiger partial charge in [0.15, 0.2) is 0 Å². The van der Waals surface area contributed by atoms with Gasteiger partial charge in [-0.15, -0.1) is 0 Å². The molecule has 0 atom stereocenters. The number of methoxy groups -OCH3 is 1. The van der Waals surface area contributed by atoms with Crippen molar-refractivity contribution in [1.29, 1.82) is 0 Å². The molecule has 10 heteroatoms. The van der Waals surface area contributed by atoms with Crippen LogP contribution >= 0.6 is 0 Å². The van der Waals surface area contributed by atoms with E-state index in [0.717, 1.165) is 11.1 Å². The van der Waals surface area contributed by atoms with Gasteiger partial charge in [-0.1, -0.05) is 24.3 Å². The van der Waals surface area contributed by atoms with E-state index in [1.165, 1.54) is 40.7 Å². The van der Waals surface area contributed by atoms with Crippen LogP contribution in [-0.2, 0) is 29.7 Å². The van der Waals surface area contributed by atoms with Gasteiger partial charge in [-0.25, -0.2) is 17.6 Å². The molecule has 0 fully saturated rings. The summed E-state index contributed by atoms with van der Waals surface area (Å²) < 4.78 is 47.4. The van der Waals surface area contributed by atoms with Crippen LogP contribution in [0.2, 0.25) is 0 Å². The molecule has 0 saturated carbocycles. The molecule has 196 valence electrons. The zero-order valence-electron chi connectivity index (χ0n) is 20.7. The summed E-state index contributed by atoms with van der Waals surface area (Å²) in [4.78, 5) is 16.3. The van der Waals surface area contributed by atoms with E-state index < -0.39 is 21.9 Å². The number of nitrogens with zero attached hydrogens (tertiary/aromatic N) is 2. The molecule has 0 aliphatic carbocycles. The van der Waals surface area contributed by atoms with Crippen LogP contribution in [0.25, 0.3) is 0 Å². The average Bonchev–Trinajstić information content (AvgIpc) is 2.93. The fraction of sp³-hybridized carbons (Fsp3) is 0.143. The standard InChI is InChI=1S/C28H27FN4O4S/c1-37-26-4-2-3-23(17-26)20-33(19-22-5-7-24(29)8-6-22)38(35,36)27-11-9-25(10-12-27)32-28(34)31-18-21-13-15-30-16-14-21/h2-17H,18-20H2,1H3,(H2,31,32,34). The number of benzene rings is 3. The molecule has 0 saturated heterocycles. The van der Waals surface area contributed by atoms with Crippen LogP contribution in [0.4, 0.5) is 14.9 Å². The highest BCUT2D eigenvalue weighted by Crippen LogP contribution is 2.24. The highest BCUT2D eigenvalue weighted by molar-refractivity contribution is 7.89. The quantitative estimate of drug-likeness (QED) is 0.300. The molecular formula is C28H27FN4O4S. The molecule has 2 amide bonds. The third kappa shape index (κ3) is 7.15. The maximum absolute atomic E-state index is 13.7. The number of carbonyl (C=O) groups is 1. The fourth-order valence-electron chi connectivity index (χ4n) is 3.71. The second-order valence-electron chi connectivity index (χ2n) is 8.44. The Labute approximate surface area is 221 Å². The highest BCUT2D eigenvalue weighted by atomic mass is 32.2. The van der Waals surface area contributed by atoms with Crippen LogP contribution in [0.3, 0.4) is 0 Å². The number of anilines is 1. The Balaban J connectivity index is 1.50. The molecule has 4 aromatic rings. The van der Waals surface area contributed by atoms with Gasteiger partial charge in [-0.05, 0) is 77.4 Å². The fourth-order valence-corrected chi connectivity index (χ4v) is 5.13. The number of carbonyl (C=O) groups excluding carboxylic acids is 1. The van der Waals surface area contributed by atoms with Crippen molar-refractivity contribution in [2.24, 2.45) is 0 Å². The molecule has 0 unspecified atom stereocenters. The maximum atomic E-state index is 13.7. The first-order valence-electron chi connectivity index (χ1n) is 11.7. The SMILES string of the molecule is COc1cccc(CN(Cc2ccc(F)cc2)S(=O)(=O)c2ccc(NC(=O)NCc3ccncc3)cc2)c1. The second-order valence-corrected chi connectivity index (χ2v) is 10.4. The first kappa shape index (κ1) is 26.8. The van der Waals surface area contributed by atoms with Crippen LogP contribution < -0.4 is 15.4 Å². The van der Waals surface area contributed by atoms with Gasteiger partial charge in [0.2, 0.25) is 10.0 Å². The van der Waals surface area contributed by atoms with E-state index in [1.807, 2.05) is 6.07 Å². The topological polar surface area (TPSA) is 101 Å². The number of rotatable bonds is 10. The van der Waals surface area contributed by atoms with Crippen molar-refractivity contribution < 1.29 is 22.3 Å². The summed E-state index contributed by atoms with van der Waals surface area (Å²) in [5.41, 5.74) is 2.71. The van der Waals surface area contributed by atoms with E-state index in [1.54, 1.807) is 62.0 Å². The molecule has 8 nitrogen and oxygen atoms in total. The van der Waals surface area contributed by atoms with Gasteiger partial charge in [-0.2, -0.15) is 4.31 Å². The number of pyridine rings is 1. The summed E-state index contributed by atoms with van der Waals surface area (Å²) >= 11 is 0. The van der Waals surface area contributed by atoms with Crippen molar-refractivity contribution in [2.45, 2.75) is 24.5 Å². The molecule has 4 rings (SSSR count). The van der Waals surface area contributed by atoms with E-state index in [-0.39, 0.29) is 18.0 Å². The third-order valence-electron chi connectivity index (χ3n) is 5.72. The zero-order chi connectivity index (χ0) is 27.0. The van der Waals surface area contributed by atoms with Gasteiger partial charge in [0.05, 0.1) is 12.0 Å². The number of hydrogen-bond acceptors (Lipinski definition) is 5. The van der Waals surface area contributed by atoms with Crippen molar-refractivity contribution in [3.05, 3.63) is 120 Å². The highest BCUT2D eigenvalue weighted by Gasteiger charge is 2.25. The molecule has 1 heterocycles. The lowest BCUT2D eigenvalue weighted by Gasteiger charge is -2.23. The van der Waals surface area contributed by atoms with E-state index in [2.05, 4.69) is 15.6 Å². The maximum Gasteiger partial charge on any atom is 0.319 e.